The van der Waals surface area contributed by atoms with E-state index in [1.54, 1.807) is 0 Å². The number of hydrogen-bond acceptors (Lipinski definition) is 6. The molecule has 0 spiro atoms. The van der Waals surface area contributed by atoms with E-state index in [0.717, 1.165) is 17.0 Å². The lowest BCUT2D eigenvalue weighted by molar-refractivity contribution is -0.274. The van der Waals surface area contributed by atoms with E-state index in [2.05, 4.69) is 20.0 Å². The number of anilines is 1. The van der Waals surface area contributed by atoms with Crippen LogP contribution in [0.15, 0.2) is 60.9 Å². The Morgan fingerprint density at radius 1 is 1.08 bits per heavy atom. The number of pyridine rings is 2. The zero-order valence-electron chi connectivity index (χ0n) is 19.8. The monoisotopic (exact) mass is 579 g/mol. The maximum Gasteiger partial charge on any atom is 0.573 e. The second-order valence-corrected chi connectivity index (χ2v) is 9.79. The molecule has 2 aromatic heterocycles. The number of urea groups is 1. The number of alkyl halides is 3. The van der Waals surface area contributed by atoms with Gasteiger partial charge in [-0.05, 0) is 42.0 Å². The summed E-state index contributed by atoms with van der Waals surface area (Å²) >= 11 is 12.0. The predicted molar refractivity (Wildman–Crippen MR) is 134 cm³/mol. The molecule has 0 saturated carbocycles. The number of nitrogens with one attached hydrogen (secondary N) is 1. The molecule has 3 aromatic rings. The third kappa shape index (κ3) is 5.34. The van der Waals surface area contributed by atoms with Crippen LogP contribution in [0.4, 0.5) is 23.7 Å². The minimum Gasteiger partial charge on any atom is -0.406 e. The van der Waals surface area contributed by atoms with Crippen molar-refractivity contribution in [3.05, 3.63) is 82.4 Å². The Labute approximate surface area is 229 Å². The maximum absolute atomic E-state index is 14.0. The van der Waals surface area contributed by atoms with Crippen molar-refractivity contribution in [3.63, 3.8) is 0 Å². The smallest absolute Gasteiger partial charge is 0.406 e. The fourth-order valence-corrected chi connectivity index (χ4v) is 5.37. The lowest BCUT2D eigenvalue weighted by atomic mass is 9.87. The number of fused-ring (bicyclic) bond motifs is 1. The van der Waals surface area contributed by atoms with Gasteiger partial charge in [-0.1, -0.05) is 35.3 Å². The summed E-state index contributed by atoms with van der Waals surface area (Å²) in [6.07, 6.45) is -1.91. The number of amides is 4. The Hall–Kier alpha value is -3.90. The molecule has 5 rings (SSSR count). The molecule has 2 aliphatic rings. The molecule has 0 radical (unpaired) electrons. The van der Waals surface area contributed by atoms with Crippen molar-refractivity contribution in [2.75, 3.05) is 11.4 Å². The fourth-order valence-electron chi connectivity index (χ4n) is 4.92. The summed E-state index contributed by atoms with van der Waals surface area (Å²) in [5, 5.41) is 2.80. The van der Waals surface area contributed by atoms with Gasteiger partial charge >= 0.3 is 12.4 Å². The summed E-state index contributed by atoms with van der Waals surface area (Å²) in [7, 11) is 0. The standard InChI is InChI=1S/C25H18Cl2F3N5O4/c26-19-9-17(10-20(27)33-19)35-22(37)24(11-14-1-3-18(4-2-14)39-25(28,29)30)12-16(13-34(24)23(35)38)32-21(36)15-5-7-31-8-6-15/h1-10,16H,11-13H2,(H,32,36)/t16-,24+/m0/s1. The van der Waals surface area contributed by atoms with Crippen LogP contribution in [0.3, 0.4) is 0 Å². The van der Waals surface area contributed by atoms with E-state index in [1.165, 1.54) is 53.7 Å². The number of carbonyl (C=O) groups excluding carboxylic acids is 3. The fraction of sp³-hybridized carbons (Fsp3) is 0.240. The van der Waals surface area contributed by atoms with E-state index in [9.17, 15) is 27.6 Å². The molecule has 1 N–H and O–H groups in total. The first-order valence-corrected chi connectivity index (χ1v) is 12.3. The van der Waals surface area contributed by atoms with Crippen LogP contribution in [-0.4, -0.2) is 57.2 Å². The average molecular weight is 580 g/mol. The molecular formula is C25H18Cl2F3N5O4. The predicted octanol–water partition coefficient (Wildman–Crippen LogP) is 4.63. The molecule has 2 fully saturated rings. The minimum absolute atomic E-state index is 0.0136. The molecule has 2 atom stereocenters. The highest BCUT2D eigenvalue weighted by Crippen LogP contribution is 2.43. The Bertz CT molecular complexity index is 1420. The molecule has 0 aliphatic carbocycles. The van der Waals surface area contributed by atoms with Crippen molar-refractivity contribution in [1.82, 2.24) is 20.2 Å². The van der Waals surface area contributed by atoms with Gasteiger partial charge in [-0.2, -0.15) is 0 Å². The lowest BCUT2D eigenvalue weighted by Crippen LogP contribution is -2.47. The Balaban J connectivity index is 1.46. The van der Waals surface area contributed by atoms with Gasteiger partial charge in [0.05, 0.1) is 5.69 Å². The van der Waals surface area contributed by atoms with Crippen molar-refractivity contribution >= 4 is 46.7 Å². The summed E-state index contributed by atoms with van der Waals surface area (Å²) in [4.78, 5) is 50.4. The first-order valence-electron chi connectivity index (χ1n) is 11.5. The molecule has 4 heterocycles. The summed E-state index contributed by atoms with van der Waals surface area (Å²) in [6, 6.07) is 9.49. The van der Waals surface area contributed by atoms with E-state index in [4.69, 9.17) is 23.2 Å². The molecule has 39 heavy (non-hydrogen) atoms. The zero-order chi connectivity index (χ0) is 27.9. The Kier molecular flexibility index (Phi) is 6.85. The number of hydrogen-bond donors (Lipinski definition) is 1. The van der Waals surface area contributed by atoms with Gasteiger partial charge in [-0.15, -0.1) is 13.2 Å². The number of aromatic nitrogens is 2. The molecular weight excluding hydrogens is 562 g/mol. The number of ether oxygens (including phenoxy) is 1. The number of nitrogens with zero attached hydrogens (tertiary/aromatic N) is 4. The highest BCUT2D eigenvalue weighted by Gasteiger charge is 2.62. The molecule has 14 heteroatoms. The molecule has 4 amide bonds. The van der Waals surface area contributed by atoms with Gasteiger partial charge in [-0.3, -0.25) is 14.6 Å². The quantitative estimate of drug-likeness (QED) is 0.337. The summed E-state index contributed by atoms with van der Waals surface area (Å²) in [6.45, 7) is 0.0136. The Morgan fingerprint density at radius 2 is 1.72 bits per heavy atom. The first-order chi connectivity index (χ1) is 18.4. The van der Waals surface area contributed by atoms with Crippen LogP contribution >= 0.6 is 23.2 Å². The second-order valence-electron chi connectivity index (χ2n) is 9.02. The highest BCUT2D eigenvalue weighted by molar-refractivity contribution is 6.33. The van der Waals surface area contributed by atoms with Crippen LogP contribution < -0.4 is 15.0 Å². The maximum atomic E-state index is 14.0. The van der Waals surface area contributed by atoms with Crippen molar-refractivity contribution in [1.29, 1.82) is 0 Å². The normalized spacial score (nSPS) is 20.8. The van der Waals surface area contributed by atoms with Crippen LogP contribution in [0.2, 0.25) is 10.3 Å². The van der Waals surface area contributed by atoms with Crippen LogP contribution in [0, 0.1) is 0 Å². The summed E-state index contributed by atoms with van der Waals surface area (Å²) in [5.41, 5.74) is -0.492. The minimum atomic E-state index is -4.86. The highest BCUT2D eigenvalue weighted by atomic mass is 35.5. The van der Waals surface area contributed by atoms with Gasteiger partial charge in [-0.25, -0.2) is 14.7 Å². The van der Waals surface area contributed by atoms with E-state index >= 15 is 0 Å². The van der Waals surface area contributed by atoms with Gasteiger partial charge < -0.3 is 15.0 Å². The largest absolute Gasteiger partial charge is 0.573 e. The molecule has 1 aromatic carbocycles. The van der Waals surface area contributed by atoms with Gasteiger partial charge in [0.25, 0.3) is 11.8 Å². The number of imide groups is 1. The molecule has 0 unspecified atom stereocenters. The van der Waals surface area contributed by atoms with Gasteiger partial charge in [0.1, 0.15) is 21.6 Å². The van der Waals surface area contributed by atoms with Crippen LogP contribution in [0.5, 0.6) is 5.75 Å². The molecule has 0 bridgehead atoms. The average Bonchev–Trinajstić information content (AvgIpc) is 3.31. The third-order valence-electron chi connectivity index (χ3n) is 6.46. The van der Waals surface area contributed by atoms with Crippen molar-refractivity contribution in [2.24, 2.45) is 0 Å². The number of benzene rings is 1. The number of rotatable bonds is 6. The topological polar surface area (TPSA) is 105 Å². The van der Waals surface area contributed by atoms with E-state index in [1.807, 2.05) is 0 Å². The molecule has 2 saturated heterocycles. The SMILES string of the molecule is O=C(N[C@@H]1CN2C(=O)N(c3cc(Cl)nc(Cl)c3)C(=O)[C@@]2(Cc2ccc(OC(F)(F)F)cc2)C1)c1ccncc1. The molecule has 202 valence electrons. The van der Waals surface area contributed by atoms with Crippen molar-refractivity contribution < 1.29 is 32.3 Å². The number of halogens is 5. The number of carbonyl (C=O) groups is 3. The van der Waals surface area contributed by atoms with E-state index in [0.29, 0.717) is 11.1 Å². The van der Waals surface area contributed by atoms with E-state index < -0.39 is 41.5 Å². The second kappa shape index (κ2) is 10.0. The van der Waals surface area contributed by atoms with Gasteiger partial charge in [0.15, 0.2) is 0 Å². The van der Waals surface area contributed by atoms with Crippen molar-refractivity contribution in [2.45, 2.75) is 30.8 Å². The Morgan fingerprint density at radius 3 is 2.33 bits per heavy atom. The van der Waals surface area contributed by atoms with Gasteiger partial charge in [0.2, 0.25) is 0 Å². The zero-order valence-corrected chi connectivity index (χ0v) is 21.3. The van der Waals surface area contributed by atoms with Crippen LogP contribution in [0.1, 0.15) is 22.3 Å². The molecule has 9 nitrogen and oxygen atoms in total. The van der Waals surface area contributed by atoms with Crippen LogP contribution in [0.25, 0.3) is 0 Å². The summed E-state index contributed by atoms with van der Waals surface area (Å²) in [5.74, 6) is -1.43. The molecule has 2 aliphatic heterocycles. The summed E-state index contributed by atoms with van der Waals surface area (Å²) < 4.78 is 41.7. The van der Waals surface area contributed by atoms with Gasteiger partial charge in [0, 0.05) is 43.4 Å². The first kappa shape index (κ1) is 26.7. The van der Waals surface area contributed by atoms with Crippen molar-refractivity contribution in [3.8, 4) is 5.75 Å². The lowest BCUT2D eigenvalue weighted by Gasteiger charge is -2.28. The van der Waals surface area contributed by atoms with E-state index in [-0.39, 0.29) is 35.4 Å². The van der Waals surface area contributed by atoms with Crippen LogP contribution in [-0.2, 0) is 11.2 Å². The third-order valence-corrected chi connectivity index (χ3v) is 6.85.